The van der Waals surface area contributed by atoms with Crippen LogP contribution >= 0.6 is 0 Å². The fourth-order valence-corrected chi connectivity index (χ4v) is 4.77. The van der Waals surface area contributed by atoms with Crippen molar-refractivity contribution in [3.63, 3.8) is 0 Å². The van der Waals surface area contributed by atoms with E-state index in [9.17, 15) is 10.2 Å². The van der Waals surface area contributed by atoms with E-state index in [1.54, 1.807) is 0 Å². The first-order valence-electron chi connectivity index (χ1n) is 8.43. The second-order valence-electron chi connectivity index (χ2n) is 8.13. The molecular weight excluding hydrogens is 260 g/mol. The quantitative estimate of drug-likeness (QED) is 0.761. The van der Waals surface area contributed by atoms with E-state index >= 15 is 0 Å². The predicted molar refractivity (Wildman–Crippen MR) is 88.0 cm³/mol. The Morgan fingerprint density at radius 2 is 2.19 bits per heavy atom. The van der Waals surface area contributed by atoms with Crippen molar-refractivity contribution in [1.82, 2.24) is 0 Å². The minimum atomic E-state index is -0.735. The maximum Gasteiger partial charge on any atom is 0.0774 e. The number of hydrogen-bond acceptors (Lipinski definition) is 2. The van der Waals surface area contributed by atoms with Crippen molar-refractivity contribution in [2.45, 2.75) is 78.4 Å². The van der Waals surface area contributed by atoms with Crippen molar-refractivity contribution in [3.05, 3.63) is 23.3 Å². The van der Waals surface area contributed by atoms with Crippen LogP contribution in [0.15, 0.2) is 23.3 Å². The third-order valence-electron chi connectivity index (χ3n) is 5.49. The first-order valence-corrected chi connectivity index (χ1v) is 8.43. The molecule has 0 amide bonds. The lowest BCUT2D eigenvalue weighted by atomic mass is 9.63. The summed E-state index contributed by atoms with van der Waals surface area (Å²) in [7, 11) is 0. The molecule has 2 aliphatic rings. The molecule has 1 fully saturated rings. The van der Waals surface area contributed by atoms with Crippen LogP contribution in [0, 0.1) is 17.3 Å². The standard InChI is InChI=1S/C19H32O2/c1-13(12-18(3,4)21)11-14(2)15-8-9-16-17(20)7-6-10-19(15,16)5/h8,12,14,16-17,20-21H,6-7,9-11H2,1-5H3/b13-12-/t14-,16+,17+,19-/m1/s1. The van der Waals surface area contributed by atoms with Crippen LogP contribution in [0.3, 0.4) is 0 Å². The number of fused-ring (bicyclic) bond motifs is 1. The number of aliphatic hydroxyl groups excluding tert-OH is 1. The largest absolute Gasteiger partial charge is 0.393 e. The summed E-state index contributed by atoms with van der Waals surface area (Å²) in [6.07, 6.45) is 9.57. The third kappa shape index (κ3) is 3.60. The second-order valence-corrected chi connectivity index (χ2v) is 8.13. The van der Waals surface area contributed by atoms with Gasteiger partial charge in [-0.25, -0.2) is 0 Å². The normalized spacial score (nSPS) is 35.4. The predicted octanol–water partition coefficient (Wildman–Crippen LogP) is 4.23. The molecule has 0 aromatic rings. The molecule has 0 aromatic heterocycles. The van der Waals surface area contributed by atoms with Gasteiger partial charge in [-0.1, -0.05) is 37.1 Å². The van der Waals surface area contributed by atoms with Crippen LogP contribution in [0.1, 0.15) is 66.7 Å². The van der Waals surface area contributed by atoms with E-state index in [0.29, 0.717) is 11.8 Å². The van der Waals surface area contributed by atoms with E-state index in [0.717, 1.165) is 25.7 Å². The van der Waals surface area contributed by atoms with Crippen LogP contribution in [0.2, 0.25) is 0 Å². The van der Waals surface area contributed by atoms with Crippen LogP contribution in [0.5, 0.6) is 0 Å². The van der Waals surface area contributed by atoms with E-state index < -0.39 is 5.60 Å². The number of hydrogen-bond donors (Lipinski definition) is 2. The zero-order chi connectivity index (χ0) is 15.8. The van der Waals surface area contributed by atoms with E-state index in [1.165, 1.54) is 17.6 Å². The van der Waals surface area contributed by atoms with E-state index in [4.69, 9.17) is 0 Å². The highest BCUT2D eigenvalue weighted by Gasteiger charge is 2.47. The Balaban J connectivity index is 2.10. The molecule has 2 heteroatoms. The molecule has 2 aliphatic carbocycles. The lowest BCUT2D eigenvalue weighted by Gasteiger charge is -2.43. The van der Waals surface area contributed by atoms with Gasteiger partial charge in [0.25, 0.3) is 0 Å². The van der Waals surface area contributed by atoms with Gasteiger partial charge in [-0.15, -0.1) is 0 Å². The smallest absolute Gasteiger partial charge is 0.0774 e. The maximum absolute atomic E-state index is 10.3. The summed E-state index contributed by atoms with van der Waals surface area (Å²) in [5, 5.41) is 20.2. The van der Waals surface area contributed by atoms with Crippen molar-refractivity contribution in [3.8, 4) is 0 Å². The summed E-state index contributed by atoms with van der Waals surface area (Å²) in [6, 6.07) is 0. The van der Waals surface area contributed by atoms with Crippen molar-refractivity contribution in [2.24, 2.45) is 17.3 Å². The topological polar surface area (TPSA) is 40.5 Å². The monoisotopic (exact) mass is 292 g/mol. The summed E-state index contributed by atoms with van der Waals surface area (Å²) < 4.78 is 0. The summed E-state index contributed by atoms with van der Waals surface area (Å²) in [4.78, 5) is 0. The Hall–Kier alpha value is -0.600. The molecule has 2 N–H and O–H groups in total. The zero-order valence-corrected chi connectivity index (χ0v) is 14.3. The lowest BCUT2D eigenvalue weighted by molar-refractivity contribution is 0.00799. The van der Waals surface area contributed by atoms with Crippen LogP contribution in [-0.4, -0.2) is 21.9 Å². The fraction of sp³-hybridized carbons (Fsp3) is 0.789. The first-order chi connectivity index (χ1) is 9.63. The molecule has 0 aromatic carbocycles. The molecule has 0 spiro atoms. The SMILES string of the molecule is C/C(=C/C(C)(C)O)C[C@@H](C)C1=CC[C@H]2[C@@H](O)CCC[C@]12C. The van der Waals surface area contributed by atoms with Crippen LogP contribution in [-0.2, 0) is 0 Å². The average molecular weight is 292 g/mol. The molecule has 4 atom stereocenters. The van der Waals surface area contributed by atoms with Crippen LogP contribution in [0.25, 0.3) is 0 Å². The Morgan fingerprint density at radius 3 is 2.81 bits per heavy atom. The van der Waals surface area contributed by atoms with Gasteiger partial charge in [0.05, 0.1) is 11.7 Å². The van der Waals surface area contributed by atoms with Crippen molar-refractivity contribution < 1.29 is 10.2 Å². The van der Waals surface area contributed by atoms with Gasteiger partial charge in [-0.3, -0.25) is 0 Å². The van der Waals surface area contributed by atoms with Crippen LogP contribution in [0.4, 0.5) is 0 Å². The lowest BCUT2D eigenvalue weighted by Crippen LogP contribution is -2.39. The van der Waals surface area contributed by atoms with Gasteiger partial charge in [-0.05, 0) is 70.1 Å². The summed E-state index contributed by atoms with van der Waals surface area (Å²) in [5.74, 6) is 0.908. The molecule has 0 unspecified atom stereocenters. The van der Waals surface area contributed by atoms with Crippen molar-refractivity contribution in [1.29, 1.82) is 0 Å². The molecule has 2 rings (SSSR count). The molecule has 0 heterocycles. The molecule has 2 nitrogen and oxygen atoms in total. The second kappa shape index (κ2) is 5.89. The molecule has 0 bridgehead atoms. The zero-order valence-electron chi connectivity index (χ0n) is 14.3. The average Bonchev–Trinajstić information content (AvgIpc) is 2.64. The Labute approximate surface area is 130 Å². The van der Waals surface area contributed by atoms with E-state index in [1.807, 2.05) is 19.9 Å². The fourth-order valence-electron chi connectivity index (χ4n) is 4.77. The van der Waals surface area contributed by atoms with Gasteiger partial charge in [0.15, 0.2) is 0 Å². The maximum atomic E-state index is 10.3. The highest BCUT2D eigenvalue weighted by atomic mass is 16.3. The summed E-state index contributed by atoms with van der Waals surface area (Å²) >= 11 is 0. The highest BCUT2D eigenvalue weighted by Crippen LogP contribution is 2.55. The minimum absolute atomic E-state index is 0.127. The van der Waals surface area contributed by atoms with Gasteiger partial charge in [0.1, 0.15) is 0 Å². The number of allylic oxidation sites excluding steroid dienone is 3. The van der Waals surface area contributed by atoms with Gasteiger partial charge in [0, 0.05) is 0 Å². The summed E-state index contributed by atoms with van der Waals surface area (Å²) in [6.45, 7) is 10.4. The van der Waals surface area contributed by atoms with Gasteiger partial charge in [0.2, 0.25) is 0 Å². The molecular formula is C19H32O2. The third-order valence-corrected chi connectivity index (χ3v) is 5.49. The first kappa shape index (κ1) is 16.8. The highest BCUT2D eigenvalue weighted by molar-refractivity contribution is 5.27. The number of rotatable bonds is 4. The molecule has 0 radical (unpaired) electrons. The minimum Gasteiger partial charge on any atom is -0.393 e. The summed E-state index contributed by atoms with van der Waals surface area (Å²) in [5.41, 5.74) is 2.24. The van der Waals surface area contributed by atoms with E-state index in [-0.39, 0.29) is 11.5 Å². The van der Waals surface area contributed by atoms with Crippen molar-refractivity contribution in [2.75, 3.05) is 0 Å². The van der Waals surface area contributed by atoms with Gasteiger partial charge < -0.3 is 10.2 Å². The number of aliphatic hydroxyl groups is 2. The Kier molecular flexibility index (Phi) is 4.70. The molecule has 0 saturated heterocycles. The van der Waals surface area contributed by atoms with Crippen LogP contribution < -0.4 is 0 Å². The molecule has 1 saturated carbocycles. The van der Waals surface area contributed by atoms with E-state index in [2.05, 4.69) is 26.8 Å². The van der Waals surface area contributed by atoms with Gasteiger partial charge in [-0.2, -0.15) is 0 Å². The van der Waals surface area contributed by atoms with Gasteiger partial charge >= 0.3 is 0 Å². The molecule has 120 valence electrons. The molecule has 21 heavy (non-hydrogen) atoms. The molecule has 0 aliphatic heterocycles. The Morgan fingerprint density at radius 1 is 1.52 bits per heavy atom. The Bertz CT molecular complexity index is 441. The van der Waals surface area contributed by atoms with Crippen molar-refractivity contribution >= 4 is 0 Å².